The fraction of sp³-hybridized carbons (Fsp3) is 0.200. The fourth-order valence-electron chi connectivity index (χ4n) is 0.993. The van der Waals surface area contributed by atoms with Crippen LogP contribution < -0.4 is 5.73 Å². The van der Waals surface area contributed by atoms with Crippen LogP contribution in [-0.2, 0) is 0 Å². The van der Waals surface area contributed by atoms with Crippen LogP contribution in [0.25, 0.3) is 6.08 Å². The molecule has 0 unspecified atom stereocenters. The largest absolute Gasteiger partial charge is 0.396 e. The van der Waals surface area contributed by atoms with Crippen molar-refractivity contribution < 1.29 is 8.78 Å². The fourth-order valence-corrected chi connectivity index (χ4v) is 1.14. The third-order valence-corrected chi connectivity index (χ3v) is 1.99. The molecule has 4 heteroatoms. The molecule has 14 heavy (non-hydrogen) atoms. The van der Waals surface area contributed by atoms with E-state index in [1.165, 1.54) is 18.2 Å². The number of thiol groups is 1. The second kappa shape index (κ2) is 5.00. The summed E-state index contributed by atoms with van der Waals surface area (Å²) in [5.74, 6) is -1.21. The van der Waals surface area contributed by atoms with Crippen LogP contribution in [0.15, 0.2) is 18.2 Å². The van der Waals surface area contributed by atoms with Crippen molar-refractivity contribution in [2.24, 2.45) is 0 Å². The SMILES string of the molecule is Nc1ccc(C=CCCS)c(F)c1F. The van der Waals surface area contributed by atoms with E-state index in [9.17, 15) is 8.78 Å². The van der Waals surface area contributed by atoms with E-state index >= 15 is 0 Å². The number of nitrogens with two attached hydrogens (primary N) is 1. The van der Waals surface area contributed by atoms with Crippen molar-refractivity contribution in [3.63, 3.8) is 0 Å². The Morgan fingerprint density at radius 2 is 2.00 bits per heavy atom. The number of hydrogen-bond acceptors (Lipinski definition) is 2. The van der Waals surface area contributed by atoms with Gasteiger partial charge in [0.15, 0.2) is 11.6 Å². The summed E-state index contributed by atoms with van der Waals surface area (Å²) in [4.78, 5) is 0. The van der Waals surface area contributed by atoms with E-state index in [2.05, 4.69) is 12.6 Å². The minimum atomic E-state index is -0.988. The number of anilines is 1. The summed E-state index contributed by atoms with van der Waals surface area (Å²) >= 11 is 3.99. The van der Waals surface area contributed by atoms with Gasteiger partial charge in [0.25, 0.3) is 0 Å². The van der Waals surface area contributed by atoms with Crippen LogP contribution in [0.3, 0.4) is 0 Å². The van der Waals surface area contributed by atoms with Crippen LogP contribution in [0.2, 0.25) is 0 Å². The molecule has 0 fully saturated rings. The van der Waals surface area contributed by atoms with E-state index in [0.717, 1.165) is 0 Å². The van der Waals surface area contributed by atoms with Gasteiger partial charge in [0.05, 0.1) is 5.69 Å². The number of benzene rings is 1. The molecule has 0 spiro atoms. The van der Waals surface area contributed by atoms with Crippen LogP contribution in [0, 0.1) is 11.6 Å². The monoisotopic (exact) mass is 215 g/mol. The quantitative estimate of drug-likeness (QED) is 0.588. The highest BCUT2D eigenvalue weighted by Gasteiger charge is 2.08. The van der Waals surface area contributed by atoms with E-state index in [-0.39, 0.29) is 11.3 Å². The second-order valence-electron chi connectivity index (χ2n) is 2.79. The highest BCUT2D eigenvalue weighted by molar-refractivity contribution is 7.80. The smallest absolute Gasteiger partial charge is 0.182 e. The highest BCUT2D eigenvalue weighted by atomic mass is 32.1. The summed E-state index contributed by atoms with van der Waals surface area (Å²) in [7, 11) is 0. The summed E-state index contributed by atoms with van der Waals surface area (Å²) in [6.07, 6.45) is 3.98. The zero-order valence-electron chi connectivity index (χ0n) is 7.50. The van der Waals surface area contributed by atoms with Crippen LogP contribution in [-0.4, -0.2) is 5.75 Å². The molecule has 0 radical (unpaired) electrons. The van der Waals surface area contributed by atoms with Crippen molar-refractivity contribution in [2.45, 2.75) is 6.42 Å². The van der Waals surface area contributed by atoms with Crippen LogP contribution in [0.4, 0.5) is 14.5 Å². The maximum absolute atomic E-state index is 13.2. The van der Waals surface area contributed by atoms with Crippen molar-refractivity contribution in [1.82, 2.24) is 0 Å². The Morgan fingerprint density at radius 1 is 1.29 bits per heavy atom. The van der Waals surface area contributed by atoms with Crippen molar-refractivity contribution in [3.8, 4) is 0 Å². The Balaban J connectivity index is 2.94. The molecule has 0 amide bonds. The van der Waals surface area contributed by atoms with E-state index in [1.54, 1.807) is 6.08 Å². The van der Waals surface area contributed by atoms with Gasteiger partial charge in [-0.3, -0.25) is 0 Å². The third-order valence-electron chi connectivity index (χ3n) is 1.74. The van der Waals surface area contributed by atoms with Gasteiger partial charge in [-0.25, -0.2) is 8.78 Å². The minimum absolute atomic E-state index is 0.172. The van der Waals surface area contributed by atoms with E-state index in [0.29, 0.717) is 12.2 Å². The second-order valence-corrected chi connectivity index (χ2v) is 3.23. The van der Waals surface area contributed by atoms with Crippen molar-refractivity contribution in [3.05, 3.63) is 35.4 Å². The first-order chi connectivity index (χ1) is 6.66. The van der Waals surface area contributed by atoms with Crippen molar-refractivity contribution in [2.75, 3.05) is 11.5 Å². The number of halogens is 2. The molecule has 0 heterocycles. The summed E-state index contributed by atoms with van der Waals surface area (Å²) in [5, 5.41) is 0. The summed E-state index contributed by atoms with van der Waals surface area (Å²) in [6.45, 7) is 0. The Hall–Kier alpha value is -1.03. The third kappa shape index (κ3) is 2.48. The standard InChI is InChI=1S/C10H11F2NS/c11-9-7(3-1-2-6-14)4-5-8(13)10(9)12/h1,3-5,14H,2,6,13H2. The molecule has 76 valence electrons. The normalized spacial score (nSPS) is 11.1. The predicted octanol–water partition coefficient (Wildman–Crippen LogP) is 2.88. The lowest BCUT2D eigenvalue weighted by molar-refractivity contribution is 0.510. The Morgan fingerprint density at radius 3 is 2.64 bits per heavy atom. The predicted molar refractivity (Wildman–Crippen MR) is 58.3 cm³/mol. The molecule has 1 nitrogen and oxygen atoms in total. The molecule has 0 aliphatic carbocycles. The number of rotatable bonds is 3. The molecule has 1 rings (SSSR count). The zero-order chi connectivity index (χ0) is 10.6. The van der Waals surface area contributed by atoms with Crippen LogP contribution in [0.1, 0.15) is 12.0 Å². The van der Waals surface area contributed by atoms with Crippen LogP contribution >= 0.6 is 12.6 Å². The lowest BCUT2D eigenvalue weighted by atomic mass is 10.1. The van der Waals surface area contributed by atoms with Gasteiger partial charge < -0.3 is 5.73 Å². The maximum Gasteiger partial charge on any atom is 0.182 e. The summed E-state index contributed by atoms with van der Waals surface area (Å²) in [6, 6.07) is 2.79. The molecular weight excluding hydrogens is 204 g/mol. The van der Waals surface area contributed by atoms with Gasteiger partial charge in [0.1, 0.15) is 0 Å². The van der Waals surface area contributed by atoms with E-state index < -0.39 is 11.6 Å². The van der Waals surface area contributed by atoms with Gasteiger partial charge in [-0.2, -0.15) is 12.6 Å². The Kier molecular flexibility index (Phi) is 3.95. The Bertz CT molecular complexity index is 350. The first-order valence-corrected chi connectivity index (χ1v) is 4.81. The lowest BCUT2D eigenvalue weighted by Gasteiger charge is -2.00. The molecule has 1 aromatic rings. The lowest BCUT2D eigenvalue weighted by Crippen LogP contribution is -1.96. The molecule has 0 aromatic heterocycles. The molecule has 2 N–H and O–H groups in total. The molecule has 1 aromatic carbocycles. The first kappa shape index (κ1) is 11.0. The van der Waals surface area contributed by atoms with Crippen LogP contribution in [0.5, 0.6) is 0 Å². The molecule has 0 atom stereocenters. The molecular formula is C10H11F2NS. The zero-order valence-corrected chi connectivity index (χ0v) is 8.40. The number of hydrogen-bond donors (Lipinski definition) is 2. The average Bonchev–Trinajstić information content (AvgIpc) is 2.18. The van der Waals surface area contributed by atoms with Gasteiger partial charge in [0, 0.05) is 5.56 Å². The molecule has 0 aliphatic rings. The molecule has 0 aliphatic heterocycles. The van der Waals surface area contributed by atoms with E-state index in [4.69, 9.17) is 5.73 Å². The average molecular weight is 215 g/mol. The van der Waals surface area contributed by atoms with Gasteiger partial charge in [0.2, 0.25) is 0 Å². The molecule has 0 bridgehead atoms. The van der Waals surface area contributed by atoms with Gasteiger partial charge in [-0.1, -0.05) is 12.2 Å². The number of allylic oxidation sites excluding steroid dienone is 1. The van der Waals surface area contributed by atoms with Gasteiger partial charge >= 0.3 is 0 Å². The van der Waals surface area contributed by atoms with Crippen molar-refractivity contribution in [1.29, 1.82) is 0 Å². The minimum Gasteiger partial charge on any atom is -0.396 e. The number of nitrogen functional groups attached to an aromatic ring is 1. The topological polar surface area (TPSA) is 26.0 Å². The molecule has 0 saturated carbocycles. The summed E-state index contributed by atoms with van der Waals surface area (Å²) in [5.41, 5.74) is 5.23. The first-order valence-electron chi connectivity index (χ1n) is 4.17. The Labute approximate surface area is 87.0 Å². The van der Waals surface area contributed by atoms with Gasteiger partial charge in [-0.05, 0) is 24.3 Å². The van der Waals surface area contributed by atoms with Crippen molar-refractivity contribution >= 4 is 24.4 Å². The summed E-state index contributed by atoms with van der Waals surface area (Å²) < 4.78 is 26.1. The maximum atomic E-state index is 13.2. The van der Waals surface area contributed by atoms with Gasteiger partial charge in [-0.15, -0.1) is 0 Å². The molecule has 0 saturated heterocycles. The van der Waals surface area contributed by atoms with E-state index in [1.807, 2.05) is 0 Å². The highest BCUT2D eigenvalue weighted by Crippen LogP contribution is 2.18.